The van der Waals surface area contributed by atoms with E-state index in [0.717, 1.165) is 30.2 Å². The van der Waals surface area contributed by atoms with Crippen LogP contribution in [0.1, 0.15) is 24.8 Å². The summed E-state index contributed by atoms with van der Waals surface area (Å²) in [5.74, 6) is 1.54. The topological polar surface area (TPSA) is 51.2 Å². The minimum absolute atomic E-state index is 0.330. The summed E-state index contributed by atoms with van der Waals surface area (Å²) >= 11 is 0. The van der Waals surface area contributed by atoms with E-state index in [1.54, 1.807) is 14.2 Å². The summed E-state index contributed by atoms with van der Waals surface area (Å²) in [4.78, 5) is 2.31. The zero-order chi connectivity index (χ0) is 15.8. The second kappa shape index (κ2) is 8.98. The summed E-state index contributed by atoms with van der Waals surface area (Å²) in [7, 11) is 3.27. The third-order valence-electron chi connectivity index (χ3n) is 3.97. The van der Waals surface area contributed by atoms with Gasteiger partial charge in [-0.15, -0.1) is 0 Å². The molecule has 0 spiro atoms. The molecule has 1 aliphatic rings. The van der Waals surface area contributed by atoms with Gasteiger partial charge in [0.15, 0.2) is 0 Å². The molecule has 0 aromatic heterocycles. The van der Waals surface area contributed by atoms with Gasteiger partial charge < -0.3 is 24.2 Å². The van der Waals surface area contributed by atoms with Crippen LogP contribution in [-0.2, 0) is 11.3 Å². The summed E-state index contributed by atoms with van der Waals surface area (Å²) in [5, 5.41) is 10.1. The molecule has 5 heteroatoms. The lowest BCUT2D eigenvalue weighted by atomic mass is 10.1. The van der Waals surface area contributed by atoms with Gasteiger partial charge in [-0.05, 0) is 44.1 Å². The molecule has 1 fully saturated rings. The summed E-state index contributed by atoms with van der Waals surface area (Å²) in [5.41, 5.74) is 0.923. The Bertz CT molecular complexity index is 446. The van der Waals surface area contributed by atoms with Crippen LogP contribution in [0.5, 0.6) is 11.5 Å². The molecule has 0 bridgehead atoms. The number of rotatable bonds is 8. The standard InChI is InChI=1S/C17H27NO4/c1-20-16-6-7-17(21-2)14(10-16)12-22-13-15(19)11-18-8-4-3-5-9-18/h6-7,10,15,19H,3-5,8-9,11-13H2,1-2H3/t15-/m1/s1. The maximum absolute atomic E-state index is 10.1. The summed E-state index contributed by atoms with van der Waals surface area (Å²) < 4.78 is 16.2. The minimum atomic E-state index is -0.449. The molecule has 0 unspecified atom stereocenters. The number of aliphatic hydroxyl groups is 1. The maximum Gasteiger partial charge on any atom is 0.124 e. The van der Waals surface area contributed by atoms with Crippen molar-refractivity contribution in [1.82, 2.24) is 4.90 Å². The first-order chi connectivity index (χ1) is 10.7. The zero-order valence-corrected chi connectivity index (χ0v) is 13.6. The summed E-state index contributed by atoms with van der Waals surface area (Å²) in [6.07, 6.45) is 3.32. The Labute approximate surface area is 132 Å². The van der Waals surface area contributed by atoms with Crippen molar-refractivity contribution < 1.29 is 19.3 Å². The zero-order valence-electron chi connectivity index (χ0n) is 13.6. The van der Waals surface area contributed by atoms with Gasteiger partial charge >= 0.3 is 0 Å². The molecule has 1 aliphatic heterocycles. The molecule has 0 aliphatic carbocycles. The number of hydrogen-bond donors (Lipinski definition) is 1. The summed E-state index contributed by atoms with van der Waals surface area (Å²) in [6, 6.07) is 5.62. The normalized spacial score (nSPS) is 17.2. The highest BCUT2D eigenvalue weighted by atomic mass is 16.5. The average Bonchev–Trinajstić information content (AvgIpc) is 2.55. The van der Waals surface area contributed by atoms with Gasteiger partial charge in [0.2, 0.25) is 0 Å². The number of likely N-dealkylation sites (tertiary alicyclic amines) is 1. The van der Waals surface area contributed by atoms with Crippen LogP contribution in [0.2, 0.25) is 0 Å². The second-order valence-corrected chi connectivity index (χ2v) is 5.71. The van der Waals surface area contributed by atoms with E-state index in [0.29, 0.717) is 19.8 Å². The second-order valence-electron chi connectivity index (χ2n) is 5.71. The molecule has 124 valence electrons. The van der Waals surface area contributed by atoms with Crippen molar-refractivity contribution in [3.8, 4) is 11.5 Å². The van der Waals surface area contributed by atoms with Crippen molar-refractivity contribution in [2.75, 3.05) is 40.5 Å². The first-order valence-electron chi connectivity index (χ1n) is 7.92. The van der Waals surface area contributed by atoms with Crippen molar-refractivity contribution >= 4 is 0 Å². The Hall–Kier alpha value is -1.30. The van der Waals surface area contributed by atoms with E-state index >= 15 is 0 Å². The van der Waals surface area contributed by atoms with Crippen LogP contribution in [0.15, 0.2) is 18.2 Å². The molecule has 2 rings (SSSR count). The van der Waals surface area contributed by atoms with Crippen molar-refractivity contribution in [2.24, 2.45) is 0 Å². The molecule has 0 saturated carbocycles. The van der Waals surface area contributed by atoms with Gasteiger partial charge in [0.25, 0.3) is 0 Å². The molecule has 1 aromatic carbocycles. The van der Waals surface area contributed by atoms with Crippen LogP contribution in [0, 0.1) is 0 Å². The van der Waals surface area contributed by atoms with Gasteiger partial charge in [0.1, 0.15) is 11.5 Å². The third-order valence-corrected chi connectivity index (χ3v) is 3.97. The van der Waals surface area contributed by atoms with Crippen molar-refractivity contribution in [2.45, 2.75) is 32.0 Å². The Kier molecular flexibility index (Phi) is 6.96. The van der Waals surface area contributed by atoms with Crippen LogP contribution in [-0.4, -0.2) is 56.6 Å². The molecule has 1 N–H and O–H groups in total. The molecule has 22 heavy (non-hydrogen) atoms. The Balaban J connectivity index is 1.77. The number of aliphatic hydroxyl groups excluding tert-OH is 1. The van der Waals surface area contributed by atoms with Crippen molar-refractivity contribution in [3.05, 3.63) is 23.8 Å². The van der Waals surface area contributed by atoms with Gasteiger partial charge in [-0.25, -0.2) is 0 Å². The predicted octanol–water partition coefficient (Wildman–Crippen LogP) is 2.07. The molecular weight excluding hydrogens is 282 g/mol. The van der Waals surface area contributed by atoms with E-state index in [-0.39, 0.29) is 0 Å². The first kappa shape index (κ1) is 17.1. The SMILES string of the molecule is COc1ccc(OC)c(COC[C@H](O)CN2CCCCC2)c1. The van der Waals surface area contributed by atoms with E-state index in [2.05, 4.69) is 4.90 Å². The van der Waals surface area contributed by atoms with E-state index in [9.17, 15) is 5.11 Å². The summed E-state index contributed by atoms with van der Waals surface area (Å²) in [6.45, 7) is 3.59. The van der Waals surface area contributed by atoms with Crippen LogP contribution in [0.4, 0.5) is 0 Å². The average molecular weight is 309 g/mol. The molecule has 1 aromatic rings. The molecule has 1 heterocycles. The maximum atomic E-state index is 10.1. The van der Waals surface area contributed by atoms with Crippen LogP contribution < -0.4 is 9.47 Å². The lowest BCUT2D eigenvalue weighted by Crippen LogP contribution is -2.38. The number of piperidine rings is 1. The van der Waals surface area contributed by atoms with Gasteiger partial charge in [-0.1, -0.05) is 6.42 Å². The molecule has 0 radical (unpaired) electrons. The highest BCUT2D eigenvalue weighted by Gasteiger charge is 2.15. The fraction of sp³-hybridized carbons (Fsp3) is 0.647. The van der Waals surface area contributed by atoms with E-state index in [4.69, 9.17) is 14.2 Å². The monoisotopic (exact) mass is 309 g/mol. The van der Waals surface area contributed by atoms with Gasteiger partial charge in [-0.3, -0.25) is 0 Å². The molecule has 5 nitrogen and oxygen atoms in total. The minimum Gasteiger partial charge on any atom is -0.497 e. The lowest BCUT2D eigenvalue weighted by molar-refractivity contribution is 0.00663. The smallest absolute Gasteiger partial charge is 0.124 e. The molecule has 0 amide bonds. The third kappa shape index (κ3) is 5.16. The van der Waals surface area contributed by atoms with E-state index < -0.39 is 6.10 Å². The quantitative estimate of drug-likeness (QED) is 0.796. The molecular formula is C17H27NO4. The number of hydrogen-bond acceptors (Lipinski definition) is 5. The molecule has 1 atom stereocenters. The van der Waals surface area contributed by atoms with Gasteiger partial charge in [-0.2, -0.15) is 0 Å². The largest absolute Gasteiger partial charge is 0.497 e. The lowest BCUT2D eigenvalue weighted by Gasteiger charge is -2.28. The number of β-amino-alcohol motifs (C(OH)–C–C–N with tert-alkyl or cyclic N) is 1. The number of benzene rings is 1. The highest BCUT2D eigenvalue weighted by molar-refractivity contribution is 5.39. The Morgan fingerprint density at radius 2 is 1.91 bits per heavy atom. The first-order valence-corrected chi connectivity index (χ1v) is 7.92. The molecule has 1 saturated heterocycles. The highest BCUT2D eigenvalue weighted by Crippen LogP contribution is 2.24. The van der Waals surface area contributed by atoms with E-state index in [1.165, 1.54) is 19.3 Å². The van der Waals surface area contributed by atoms with Crippen LogP contribution in [0.3, 0.4) is 0 Å². The van der Waals surface area contributed by atoms with Crippen LogP contribution in [0.25, 0.3) is 0 Å². The van der Waals surface area contributed by atoms with Crippen molar-refractivity contribution in [1.29, 1.82) is 0 Å². The number of methoxy groups -OCH3 is 2. The number of ether oxygens (including phenoxy) is 3. The van der Waals surface area contributed by atoms with Gasteiger partial charge in [0.05, 0.1) is 33.5 Å². The van der Waals surface area contributed by atoms with E-state index in [1.807, 2.05) is 18.2 Å². The Morgan fingerprint density at radius 1 is 1.14 bits per heavy atom. The number of nitrogens with zero attached hydrogens (tertiary/aromatic N) is 1. The Morgan fingerprint density at radius 3 is 2.59 bits per heavy atom. The van der Waals surface area contributed by atoms with Crippen LogP contribution >= 0.6 is 0 Å². The predicted molar refractivity (Wildman–Crippen MR) is 85.5 cm³/mol. The fourth-order valence-corrected chi connectivity index (χ4v) is 2.79. The van der Waals surface area contributed by atoms with Gasteiger partial charge in [0, 0.05) is 12.1 Å². The fourth-order valence-electron chi connectivity index (χ4n) is 2.79. The van der Waals surface area contributed by atoms with Crippen molar-refractivity contribution in [3.63, 3.8) is 0 Å².